The first-order chi connectivity index (χ1) is 2.41. The predicted molar refractivity (Wildman–Crippen MR) is 15.4 cm³/mol. The summed E-state index contributed by atoms with van der Waals surface area (Å²) in [5.74, 6) is 4.35. The molecule has 32 valence electrons. The molecule has 0 heterocycles. The molecule has 0 aromatic heterocycles. The molecule has 0 aliphatic heterocycles. The van der Waals surface area contributed by atoms with E-state index in [0.717, 1.165) is 0 Å². The third-order valence-electron chi connectivity index (χ3n) is 0.131. The Morgan fingerprint density at radius 1 is 1.80 bits per heavy atom. The first kappa shape index (κ1) is 4.84. The zero-order valence-electron chi connectivity index (χ0n) is 2.89. The van der Waals surface area contributed by atoms with Crippen molar-refractivity contribution in [2.75, 3.05) is 7.05 Å². The molecule has 0 aliphatic rings. The maximum Gasteiger partial charge on any atom is 0.0126 e. The first-order valence-corrected chi connectivity index (χ1v) is 1.11. The summed E-state index contributed by atoms with van der Waals surface area (Å²) in [6.07, 6.45) is 0. The van der Waals surface area contributed by atoms with E-state index >= 15 is 0 Å². The molecule has 0 saturated heterocycles. The molecule has 4 heteroatoms. The molecule has 5 heavy (non-hydrogen) atoms. The lowest BCUT2D eigenvalue weighted by Crippen LogP contribution is -2.11. The van der Waals surface area contributed by atoms with Crippen molar-refractivity contribution >= 4 is 0 Å². The van der Waals surface area contributed by atoms with Gasteiger partial charge in [-0.1, -0.05) is 0 Å². The van der Waals surface area contributed by atoms with E-state index in [1.807, 2.05) is 0 Å². The van der Waals surface area contributed by atoms with Gasteiger partial charge in [0.05, 0.1) is 0 Å². The van der Waals surface area contributed by atoms with Crippen molar-refractivity contribution in [2.24, 2.45) is 5.90 Å². The molecule has 0 bridgehead atoms. The highest BCUT2D eigenvalue weighted by atomic mass is 17.3. The molecule has 0 atom stereocenters. The summed E-state index contributed by atoms with van der Waals surface area (Å²) in [5, 5.41) is 0. The van der Waals surface area contributed by atoms with Crippen molar-refractivity contribution in [2.45, 2.75) is 0 Å². The highest BCUT2D eigenvalue weighted by molar-refractivity contribution is 3.70. The number of nitrogens with two attached hydrogens (primary N) is 1. The Bertz CT molecular complexity index is 15.1. The van der Waals surface area contributed by atoms with Crippen LogP contribution in [0.4, 0.5) is 0 Å². The van der Waals surface area contributed by atoms with Crippen molar-refractivity contribution < 1.29 is 9.98 Å². The molecule has 0 unspecified atom stereocenters. The van der Waals surface area contributed by atoms with Crippen molar-refractivity contribution in [1.29, 1.82) is 0 Å². The number of hydrogen-bond acceptors (Lipinski definition) is 4. The van der Waals surface area contributed by atoms with Crippen LogP contribution in [-0.4, -0.2) is 7.05 Å². The van der Waals surface area contributed by atoms with Crippen LogP contribution in [0, 0.1) is 0 Å². The van der Waals surface area contributed by atoms with E-state index in [0.29, 0.717) is 0 Å². The molecule has 4 nitrogen and oxygen atoms in total. The van der Waals surface area contributed by atoms with E-state index in [4.69, 9.17) is 0 Å². The monoisotopic (exact) mass is 78.0 g/mol. The molecule has 0 amide bonds. The van der Waals surface area contributed by atoms with E-state index in [-0.39, 0.29) is 0 Å². The minimum atomic E-state index is 1.53. The molecule has 0 saturated carbocycles. The van der Waals surface area contributed by atoms with Crippen molar-refractivity contribution in [3.63, 3.8) is 0 Å². The van der Waals surface area contributed by atoms with Crippen LogP contribution in [0.1, 0.15) is 0 Å². The minimum absolute atomic E-state index is 1.53. The van der Waals surface area contributed by atoms with Gasteiger partial charge >= 0.3 is 0 Å². The molecule has 3 N–H and O–H groups in total. The summed E-state index contributed by atoms with van der Waals surface area (Å²) in [4.78, 5) is 7.44. The Kier molecular flexibility index (Phi) is 3.72. The minimum Gasteiger partial charge on any atom is -0.181 e. The first-order valence-electron chi connectivity index (χ1n) is 1.11. The summed E-state index contributed by atoms with van der Waals surface area (Å²) in [6.45, 7) is 0. The maximum atomic E-state index is 4.35. The van der Waals surface area contributed by atoms with E-state index < -0.39 is 0 Å². The molecular weight excluding hydrogens is 72.0 g/mol. The zero-order valence-corrected chi connectivity index (χ0v) is 2.89. The summed E-state index contributed by atoms with van der Waals surface area (Å²) >= 11 is 0. The third kappa shape index (κ3) is 3.84. The van der Waals surface area contributed by atoms with Gasteiger partial charge in [0.25, 0.3) is 0 Å². The van der Waals surface area contributed by atoms with Crippen LogP contribution in [0.3, 0.4) is 0 Å². The van der Waals surface area contributed by atoms with E-state index in [1.54, 1.807) is 0 Å². The molecule has 0 fully saturated rings. The molecular formula is CH6N2O2. The highest BCUT2D eigenvalue weighted by Crippen LogP contribution is 1.46. The lowest BCUT2D eigenvalue weighted by molar-refractivity contribution is -0.336. The topological polar surface area (TPSA) is 56.5 Å². The average Bonchev–Trinajstić information content (AvgIpc) is 1.41. The lowest BCUT2D eigenvalue weighted by atomic mass is 11.6. The third-order valence-corrected chi connectivity index (χ3v) is 0.131. The molecule has 0 aliphatic carbocycles. The second kappa shape index (κ2) is 3.84. The fraction of sp³-hybridized carbons (Fsp3) is 1.00. The highest BCUT2D eigenvalue weighted by Gasteiger charge is 1.61. The van der Waals surface area contributed by atoms with Crippen LogP contribution in [0.25, 0.3) is 0 Å². The van der Waals surface area contributed by atoms with E-state index in [1.165, 1.54) is 7.05 Å². The summed E-state index contributed by atoms with van der Waals surface area (Å²) in [5.41, 5.74) is 2.17. The quantitative estimate of drug-likeness (QED) is 0.326. The Balaban J connectivity index is 2.19. The van der Waals surface area contributed by atoms with Crippen LogP contribution in [0.2, 0.25) is 0 Å². The van der Waals surface area contributed by atoms with Gasteiger partial charge in [-0.25, -0.2) is 0 Å². The second-order valence-corrected chi connectivity index (χ2v) is 0.384. The number of hydroxylamine groups is 1. The van der Waals surface area contributed by atoms with Crippen LogP contribution in [-0.2, 0) is 9.98 Å². The van der Waals surface area contributed by atoms with Gasteiger partial charge in [0, 0.05) is 7.05 Å². The number of rotatable bonds is 2. The molecule has 0 rings (SSSR count). The predicted octanol–water partition coefficient (Wildman–Crippen LogP) is -1.06. The Morgan fingerprint density at radius 2 is 2.40 bits per heavy atom. The average molecular weight is 78.1 g/mol. The largest absolute Gasteiger partial charge is 0.181 e. The molecule has 0 aromatic carbocycles. The van der Waals surface area contributed by atoms with Gasteiger partial charge in [0.1, 0.15) is 0 Å². The SMILES string of the molecule is CNOON. The van der Waals surface area contributed by atoms with Crippen LogP contribution < -0.4 is 11.4 Å². The van der Waals surface area contributed by atoms with Gasteiger partial charge in [0.2, 0.25) is 0 Å². The van der Waals surface area contributed by atoms with Crippen LogP contribution >= 0.6 is 0 Å². The number of nitrogens with one attached hydrogen (secondary N) is 1. The molecule has 0 aromatic rings. The van der Waals surface area contributed by atoms with E-state index in [2.05, 4.69) is 21.4 Å². The standard InChI is InChI=1S/CH6N2O2/c1-3-5-4-2/h3H,2H2,1H3. The fourth-order valence-corrected chi connectivity index (χ4v) is 0.0481. The van der Waals surface area contributed by atoms with Crippen LogP contribution in [0.15, 0.2) is 0 Å². The summed E-state index contributed by atoms with van der Waals surface area (Å²) in [7, 11) is 1.53. The van der Waals surface area contributed by atoms with Gasteiger partial charge in [-0.2, -0.15) is 11.4 Å². The second-order valence-electron chi connectivity index (χ2n) is 0.384. The Labute approximate surface area is 29.7 Å². The summed E-state index contributed by atoms with van der Waals surface area (Å²) in [6, 6.07) is 0. The smallest absolute Gasteiger partial charge is 0.0126 e. The Morgan fingerprint density at radius 3 is 2.40 bits per heavy atom. The summed E-state index contributed by atoms with van der Waals surface area (Å²) < 4.78 is 0. The maximum absolute atomic E-state index is 4.35. The van der Waals surface area contributed by atoms with Crippen molar-refractivity contribution in [1.82, 2.24) is 5.48 Å². The van der Waals surface area contributed by atoms with Crippen molar-refractivity contribution in [3.05, 3.63) is 0 Å². The van der Waals surface area contributed by atoms with Crippen LogP contribution in [0.5, 0.6) is 0 Å². The number of hydrogen-bond donors (Lipinski definition) is 2. The molecule has 0 radical (unpaired) electrons. The van der Waals surface area contributed by atoms with Crippen molar-refractivity contribution in [3.8, 4) is 0 Å². The van der Waals surface area contributed by atoms with Gasteiger partial charge in [-0.3, -0.25) is 0 Å². The van der Waals surface area contributed by atoms with E-state index in [9.17, 15) is 0 Å². The van der Waals surface area contributed by atoms with Gasteiger partial charge in [-0.05, 0) is 0 Å². The normalized spacial score (nSPS) is 8.40. The molecule has 0 spiro atoms. The fourth-order valence-electron chi connectivity index (χ4n) is 0.0481. The zero-order chi connectivity index (χ0) is 4.12. The van der Waals surface area contributed by atoms with Gasteiger partial charge in [-0.15, -0.1) is 9.98 Å². The Hall–Kier alpha value is -0.160. The van der Waals surface area contributed by atoms with Gasteiger partial charge < -0.3 is 0 Å². The van der Waals surface area contributed by atoms with Gasteiger partial charge in [0.15, 0.2) is 0 Å². The lowest BCUT2D eigenvalue weighted by Gasteiger charge is -1.86.